The van der Waals surface area contributed by atoms with Crippen LogP contribution in [0.25, 0.3) is 0 Å². The molecule has 0 spiro atoms. The number of unbranched alkanes of at least 4 members (excludes halogenated alkanes) is 6. The molecule has 3 aliphatic carbocycles. The molecule has 44 heavy (non-hydrogen) atoms. The molecule has 3 aliphatic rings. The number of hydrogen-bond acceptors (Lipinski definition) is 0. The van der Waals surface area contributed by atoms with Crippen molar-refractivity contribution in [1.29, 1.82) is 0 Å². The Kier molecular flexibility index (Phi) is 33.3. The molecule has 0 aliphatic heterocycles. The van der Waals surface area contributed by atoms with Crippen LogP contribution in [0.15, 0.2) is 0 Å². The summed E-state index contributed by atoms with van der Waals surface area (Å²) in [6, 6.07) is 0. The first-order valence-electron chi connectivity index (χ1n) is 19.2. The molecule has 3 heteroatoms. The molecular weight excluding hydrogens is 549 g/mol. The first-order chi connectivity index (χ1) is 20.1. The Morgan fingerprint density at radius 1 is 0.386 bits per heavy atom. The van der Waals surface area contributed by atoms with Gasteiger partial charge < -0.3 is 0 Å². The fraction of sp³-hybridized carbons (Fsp3) is 1.00. The van der Waals surface area contributed by atoms with Gasteiger partial charge in [0.05, 0.1) is 5.41 Å². The summed E-state index contributed by atoms with van der Waals surface area (Å²) in [7, 11) is 0. The van der Waals surface area contributed by atoms with Crippen molar-refractivity contribution in [3.63, 3.8) is 0 Å². The van der Waals surface area contributed by atoms with Gasteiger partial charge >= 0.3 is 6.18 Å². The minimum Gasteiger partial charge on any atom is -0.171 e. The minimum atomic E-state index is -4.06. The molecule has 0 N–H and O–H groups in total. The summed E-state index contributed by atoms with van der Waals surface area (Å²) in [6.45, 7) is 30.8. The molecule has 0 aromatic heterocycles. The molecule has 0 nitrogen and oxygen atoms in total. The van der Waals surface area contributed by atoms with Gasteiger partial charge in [-0.2, -0.15) is 13.2 Å². The predicted molar refractivity (Wildman–Crippen MR) is 198 cm³/mol. The molecule has 0 saturated heterocycles. The quantitative estimate of drug-likeness (QED) is 0.254. The van der Waals surface area contributed by atoms with Gasteiger partial charge in [0.2, 0.25) is 0 Å². The molecule has 0 amide bonds. The van der Waals surface area contributed by atoms with Crippen molar-refractivity contribution in [1.82, 2.24) is 0 Å². The second kappa shape index (κ2) is 29.0. The van der Waals surface area contributed by atoms with Crippen molar-refractivity contribution in [3.8, 4) is 0 Å². The standard InChI is InChI=1S/C8H16.C7H14.C6H12.C6H14.C5H9F3.C5H12.C4H10/c1-8(2)6-4-3-5-7-8;1-7(2)5-3-4-6-7;1-6(2)4-3-5-6;1-3-5-6-4-2;1-4(2,3)5(6,7)8;1-3-5-4-2;1-3-4-2/h3-7H2,1-2H3;3-6H2,1-2H3;3-5H2,1-2H3;3-6H2,1-2H3;1-3H3;3-5H2,1-2H3;3-4H2,1-2H3. The zero-order chi connectivity index (χ0) is 35.3. The van der Waals surface area contributed by atoms with Gasteiger partial charge in [-0.05, 0) is 54.8 Å². The average Bonchev–Trinajstić information content (AvgIpc) is 3.31. The van der Waals surface area contributed by atoms with Crippen LogP contribution in [0, 0.1) is 21.7 Å². The molecule has 0 aromatic carbocycles. The molecule has 0 bridgehead atoms. The molecule has 3 saturated carbocycles. The Hall–Kier alpha value is -0.210. The minimum absolute atomic E-state index is 0.679. The van der Waals surface area contributed by atoms with E-state index in [2.05, 4.69) is 83.1 Å². The maximum atomic E-state index is 11.6. The summed E-state index contributed by atoms with van der Waals surface area (Å²) < 4.78 is 34.7. The van der Waals surface area contributed by atoms with Crippen LogP contribution < -0.4 is 0 Å². The van der Waals surface area contributed by atoms with E-state index in [0.717, 1.165) is 26.2 Å². The monoisotopic (exact) mass is 637 g/mol. The van der Waals surface area contributed by atoms with Gasteiger partial charge in [-0.1, -0.05) is 200 Å². The van der Waals surface area contributed by atoms with E-state index in [1.807, 2.05) is 0 Å². The molecule has 272 valence electrons. The number of alkyl halides is 3. The van der Waals surface area contributed by atoms with Crippen LogP contribution in [0.5, 0.6) is 0 Å². The number of rotatable bonds is 6. The van der Waals surface area contributed by atoms with Crippen LogP contribution in [0.2, 0.25) is 0 Å². The first-order valence-corrected chi connectivity index (χ1v) is 19.2. The fourth-order valence-corrected chi connectivity index (χ4v) is 4.58. The highest BCUT2D eigenvalue weighted by Crippen LogP contribution is 2.39. The van der Waals surface area contributed by atoms with Crippen molar-refractivity contribution in [2.45, 2.75) is 245 Å². The maximum absolute atomic E-state index is 11.6. The lowest BCUT2D eigenvalue weighted by Gasteiger charge is -2.33. The molecule has 0 radical (unpaired) electrons. The lowest BCUT2D eigenvalue weighted by molar-refractivity contribution is -0.204. The van der Waals surface area contributed by atoms with Crippen molar-refractivity contribution in [3.05, 3.63) is 0 Å². The summed E-state index contributed by atoms with van der Waals surface area (Å²) in [5, 5.41) is 0. The molecule has 0 unspecified atom stereocenters. The summed E-state index contributed by atoms with van der Waals surface area (Å²) in [4.78, 5) is 0. The second-order valence-corrected chi connectivity index (χ2v) is 16.9. The van der Waals surface area contributed by atoms with E-state index < -0.39 is 11.6 Å². The molecule has 0 heterocycles. The van der Waals surface area contributed by atoms with Gasteiger partial charge in [-0.3, -0.25) is 0 Å². The van der Waals surface area contributed by atoms with E-state index in [1.54, 1.807) is 0 Å². The lowest BCUT2D eigenvalue weighted by atomic mass is 9.72. The summed E-state index contributed by atoms with van der Waals surface area (Å²) in [5.41, 5.74) is 0.533. The molecule has 0 atom stereocenters. The third-order valence-electron chi connectivity index (χ3n) is 8.89. The van der Waals surface area contributed by atoms with Crippen LogP contribution in [0.1, 0.15) is 239 Å². The lowest BCUT2D eigenvalue weighted by Crippen LogP contribution is -2.28. The van der Waals surface area contributed by atoms with Crippen LogP contribution >= 0.6 is 0 Å². The van der Waals surface area contributed by atoms with Crippen LogP contribution in [0.3, 0.4) is 0 Å². The predicted octanol–water partition coefficient (Wildman–Crippen LogP) is 16.9. The Morgan fingerprint density at radius 2 is 0.614 bits per heavy atom. The van der Waals surface area contributed by atoms with Crippen LogP contribution in [-0.4, -0.2) is 6.18 Å². The summed E-state index contributed by atoms with van der Waals surface area (Å²) in [5.74, 6) is 0. The van der Waals surface area contributed by atoms with Gasteiger partial charge in [-0.15, -0.1) is 0 Å². The van der Waals surface area contributed by atoms with Crippen LogP contribution in [-0.2, 0) is 0 Å². The van der Waals surface area contributed by atoms with Crippen LogP contribution in [0.4, 0.5) is 13.2 Å². The highest BCUT2D eigenvalue weighted by atomic mass is 19.4. The largest absolute Gasteiger partial charge is 0.393 e. The summed E-state index contributed by atoms with van der Waals surface area (Å²) >= 11 is 0. The third kappa shape index (κ3) is 39.8. The van der Waals surface area contributed by atoms with E-state index in [0.29, 0.717) is 10.8 Å². The van der Waals surface area contributed by atoms with Gasteiger partial charge in [0, 0.05) is 0 Å². The van der Waals surface area contributed by atoms with Gasteiger partial charge in [0.15, 0.2) is 0 Å². The second-order valence-electron chi connectivity index (χ2n) is 16.9. The van der Waals surface area contributed by atoms with E-state index in [9.17, 15) is 13.2 Å². The fourth-order valence-electron chi connectivity index (χ4n) is 4.58. The highest BCUT2D eigenvalue weighted by molar-refractivity contribution is 4.77. The molecular formula is C41H87F3. The number of hydrogen-bond donors (Lipinski definition) is 0. The number of halogens is 3. The SMILES string of the molecule is CC(C)(C)C(F)(F)F.CC1(C)CCC1.CC1(C)CCCC1.CC1(C)CCCCC1.CCCC.CCCCC.CCCCCC. The Bertz CT molecular complexity index is 521. The van der Waals surface area contributed by atoms with Gasteiger partial charge in [0.25, 0.3) is 0 Å². The van der Waals surface area contributed by atoms with Crippen molar-refractivity contribution in [2.24, 2.45) is 21.7 Å². The van der Waals surface area contributed by atoms with E-state index in [4.69, 9.17) is 0 Å². The normalized spacial score (nSPS) is 19.0. The van der Waals surface area contributed by atoms with E-state index in [1.165, 1.54) is 135 Å². The van der Waals surface area contributed by atoms with Gasteiger partial charge in [0.1, 0.15) is 0 Å². The summed E-state index contributed by atoms with van der Waals surface area (Å²) in [6.07, 6.45) is 25.7. The highest BCUT2D eigenvalue weighted by Gasteiger charge is 2.42. The third-order valence-corrected chi connectivity index (χ3v) is 8.89. The van der Waals surface area contributed by atoms with Gasteiger partial charge in [-0.25, -0.2) is 0 Å². The van der Waals surface area contributed by atoms with Crippen molar-refractivity contribution >= 4 is 0 Å². The Labute approximate surface area is 279 Å². The Balaban J connectivity index is -0.000000215. The molecule has 3 rings (SSSR count). The topological polar surface area (TPSA) is 0 Å². The molecule has 3 fully saturated rings. The Morgan fingerprint density at radius 3 is 0.682 bits per heavy atom. The smallest absolute Gasteiger partial charge is 0.171 e. The zero-order valence-electron chi connectivity index (χ0n) is 33.5. The van der Waals surface area contributed by atoms with E-state index >= 15 is 0 Å². The first kappa shape index (κ1) is 50.6. The van der Waals surface area contributed by atoms with Crippen molar-refractivity contribution in [2.75, 3.05) is 0 Å². The van der Waals surface area contributed by atoms with Crippen molar-refractivity contribution < 1.29 is 13.2 Å². The maximum Gasteiger partial charge on any atom is 0.393 e. The van der Waals surface area contributed by atoms with E-state index in [-0.39, 0.29) is 0 Å². The zero-order valence-corrected chi connectivity index (χ0v) is 33.5. The average molecular weight is 637 g/mol. The molecule has 0 aromatic rings.